The quantitative estimate of drug-likeness (QED) is 0.330. The topological polar surface area (TPSA) is 114 Å². The van der Waals surface area contributed by atoms with Crippen molar-refractivity contribution < 1.29 is 21.5 Å². The van der Waals surface area contributed by atoms with Crippen LogP contribution < -0.4 is 20.1 Å². The van der Waals surface area contributed by atoms with Crippen molar-refractivity contribution in [1.29, 1.82) is 0 Å². The fraction of sp³-hybridized carbons (Fsp3) is 0.304. The Balaban J connectivity index is 0.00000228. The number of fused-ring (bicyclic) bond motifs is 2. The maximum atomic E-state index is 12.7. The SMILES string of the molecule is COc1cc2nc(-c3c[nH]c4ncc(Cl)cc34)nc(NC(C)(C)C(=O)NCCF)c2cc1OC.[HH].[HH]. The zero-order valence-corrected chi connectivity index (χ0v) is 19.9. The van der Waals surface area contributed by atoms with E-state index in [2.05, 4.69) is 20.6 Å². The standard InChI is InChI=1S/C23H24ClFN6O3.2H2/c1-23(2,22(32)26-6-5-25)31-21-14-8-17(33-3)18(34-4)9-16(14)29-20(30-21)15-11-28-19-13(15)7-12(24)10-27-19;;/h7-11H,5-6H2,1-4H3,(H,26,32)(H,27,28)(H,29,30,31);2*1H. The van der Waals surface area contributed by atoms with Crippen molar-refractivity contribution in [1.82, 2.24) is 25.3 Å². The average molecular weight is 491 g/mol. The second kappa shape index (κ2) is 9.30. The molecule has 0 aliphatic carbocycles. The number of anilines is 1. The third-order valence-corrected chi connectivity index (χ3v) is 5.52. The predicted molar refractivity (Wildman–Crippen MR) is 134 cm³/mol. The number of benzene rings is 1. The first-order chi connectivity index (χ1) is 16.3. The fourth-order valence-corrected chi connectivity index (χ4v) is 3.73. The second-order valence-corrected chi connectivity index (χ2v) is 8.50. The number of nitrogens with zero attached hydrogens (tertiary/aromatic N) is 3. The number of amides is 1. The van der Waals surface area contributed by atoms with E-state index in [1.165, 1.54) is 14.2 Å². The van der Waals surface area contributed by atoms with Crippen LogP contribution in [-0.2, 0) is 4.79 Å². The summed E-state index contributed by atoms with van der Waals surface area (Å²) in [5, 5.41) is 7.59. The molecular weight excluding hydrogens is 463 g/mol. The number of pyridine rings is 1. The van der Waals surface area contributed by atoms with Gasteiger partial charge < -0.3 is 25.1 Å². The summed E-state index contributed by atoms with van der Waals surface area (Å²) in [4.78, 5) is 29.5. The van der Waals surface area contributed by atoms with E-state index in [9.17, 15) is 9.18 Å². The van der Waals surface area contributed by atoms with Crippen LogP contribution in [0.25, 0.3) is 33.3 Å². The van der Waals surface area contributed by atoms with Crippen molar-refractivity contribution in [3.05, 3.63) is 35.6 Å². The molecule has 0 fully saturated rings. The van der Waals surface area contributed by atoms with Gasteiger partial charge in [-0.3, -0.25) is 4.79 Å². The molecule has 3 N–H and O–H groups in total. The van der Waals surface area contributed by atoms with Gasteiger partial charge in [0.1, 0.15) is 23.7 Å². The molecule has 9 nitrogen and oxygen atoms in total. The van der Waals surface area contributed by atoms with Gasteiger partial charge in [0, 0.05) is 44.2 Å². The summed E-state index contributed by atoms with van der Waals surface area (Å²) in [5.74, 6) is 1.39. The Kier molecular flexibility index (Phi) is 6.43. The van der Waals surface area contributed by atoms with E-state index in [0.717, 1.165) is 5.39 Å². The van der Waals surface area contributed by atoms with Crippen molar-refractivity contribution in [2.45, 2.75) is 19.4 Å². The molecule has 3 aromatic heterocycles. The number of carbonyl (C=O) groups excluding carboxylic acids is 1. The molecule has 0 aliphatic heterocycles. The summed E-state index contributed by atoms with van der Waals surface area (Å²) in [7, 11) is 3.07. The summed E-state index contributed by atoms with van der Waals surface area (Å²) in [6.07, 6.45) is 3.30. The molecule has 0 spiro atoms. The fourth-order valence-electron chi connectivity index (χ4n) is 3.57. The summed E-state index contributed by atoms with van der Waals surface area (Å²) < 4.78 is 23.5. The molecule has 0 bridgehead atoms. The first-order valence-corrected chi connectivity index (χ1v) is 10.8. The smallest absolute Gasteiger partial charge is 0.245 e. The number of aromatic amines is 1. The van der Waals surface area contributed by atoms with Crippen LogP contribution >= 0.6 is 11.6 Å². The maximum Gasteiger partial charge on any atom is 0.245 e. The van der Waals surface area contributed by atoms with E-state index < -0.39 is 12.2 Å². The number of rotatable bonds is 8. The largest absolute Gasteiger partial charge is 0.493 e. The lowest BCUT2D eigenvalue weighted by molar-refractivity contribution is -0.124. The van der Waals surface area contributed by atoms with Crippen molar-refractivity contribution in [3.8, 4) is 22.9 Å². The van der Waals surface area contributed by atoms with Crippen LogP contribution in [0.15, 0.2) is 30.6 Å². The molecule has 34 heavy (non-hydrogen) atoms. The molecule has 3 heterocycles. The van der Waals surface area contributed by atoms with Gasteiger partial charge in [0.05, 0.1) is 24.8 Å². The zero-order chi connectivity index (χ0) is 24.5. The minimum atomic E-state index is -1.11. The molecule has 182 valence electrons. The van der Waals surface area contributed by atoms with Gasteiger partial charge in [-0.2, -0.15) is 0 Å². The molecule has 4 rings (SSSR count). The number of hydrogen-bond donors (Lipinski definition) is 3. The molecule has 4 aromatic rings. The number of H-pyrrole nitrogens is 1. The summed E-state index contributed by atoms with van der Waals surface area (Å²) >= 11 is 6.17. The van der Waals surface area contributed by atoms with Crippen molar-refractivity contribution in [2.24, 2.45) is 0 Å². The summed E-state index contributed by atoms with van der Waals surface area (Å²) in [5.41, 5.74) is 0.779. The van der Waals surface area contributed by atoms with Gasteiger partial charge in [-0.25, -0.2) is 19.3 Å². The van der Waals surface area contributed by atoms with Gasteiger partial charge in [-0.15, -0.1) is 0 Å². The lowest BCUT2D eigenvalue weighted by Crippen LogP contribution is -2.48. The van der Waals surface area contributed by atoms with E-state index in [4.69, 9.17) is 31.0 Å². The Labute approximate surface area is 203 Å². The number of halogens is 2. The lowest BCUT2D eigenvalue weighted by atomic mass is 10.0. The Morgan fingerprint density at radius 1 is 1.18 bits per heavy atom. The van der Waals surface area contributed by atoms with Gasteiger partial charge in [0.15, 0.2) is 17.3 Å². The van der Waals surface area contributed by atoms with E-state index >= 15 is 0 Å². The molecule has 0 saturated carbocycles. The molecule has 0 aliphatic rings. The first kappa shape index (κ1) is 23.5. The van der Waals surface area contributed by atoms with Crippen LogP contribution in [0.3, 0.4) is 0 Å². The highest BCUT2D eigenvalue weighted by Crippen LogP contribution is 2.37. The summed E-state index contributed by atoms with van der Waals surface area (Å²) in [6, 6.07) is 5.25. The van der Waals surface area contributed by atoms with Gasteiger partial charge >= 0.3 is 0 Å². The molecule has 1 aromatic carbocycles. The van der Waals surface area contributed by atoms with Crippen LogP contribution in [0.2, 0.25) is 5.02 Å². The number of ether oxygens (including phenoxy) is 2. The predicted octanol–water partition coefficient (Wildman–Crippen LogP) is 4.61. The third-order valence-electron chi connectivity index (χ3n) is 5.32. The van der Waals surface area contributed by atoms with Crippen molar-refractivity contribution >= 4 is 45.3 Å². The van der Waals surface area contributed by atoms with Crippen LogP contribution in [0, 0.1) is 0 Å². The third kappa shape index (κ3) is 4.41. The molecule has 1 amide bonds. The molecule has 0 radical (unpaired) electrons. The highest BCUT2D eigenvalue weighted by molar-refractivity contribution is 6.31. The number of hydrogen-bond acceptors (Lipinski definition) is 7. The van der Waals surface area contributed by atoms with E-state index in [-0.39, 0.29) is 15.3 Å². The molecule has 11 heteroatoms. The van der Waals surface area contributed by atoms with Crippen LogP contribution in [0.5, 0.6) is 11.5 Å². The van der Waals surface area contributed by atoms with Crippen LogP contribution in [0.1, 0.15) is 16.7 Å². The molecule has 0 unspecified atom stereocenters. The Bertz CT molecular complexity index is 1390. The minimum absolute atomic E-state index is 0. The number of methoxy groups -OCH3 is 2. The second-order valence-electron chi connectivity index (χ2n) is 8.07. The van der Waals surface area contributed by atoms with E-state index in [1.807, 2.05) is 0 Å². The van der Waals surface area contributed by atoms with Gasteiger partial charge in [0.2, 0.25) is 5.91 Å². The number of carbonyl (C=O) groups is 1. The highest BCUT2D eigenvalue weighted by Gasteiger charge is 2.29. The Morgan fingerprint density at radius 3 is 2.62 bits per heavy atom. The maximum absolute atomic E-state index is 12.7. The Hall–Kier alpha value is -3.66. The number of nitrogens with one attached hydrogen (secondary N) is 3. The first-order valence-electron chi connectivity index (χ1n) is 10.5. The van der Waals surface area contributed by atoms with Gasteiger partial charge in [-0.05, 0) is 26.0 Å². The molecular formula is C23H28ClFN6O3. The van der Waals surface area contributed by atoms with Gasteiger partial charge in [-0.1, -0.05) is 11.6 Å². The zero-order valence-electron chi connectivity index (χ0n) is 19.1. The number of aromatic nitrogens is 4. The van der Waals surface area contributed by atoms with Crippen LogP contribution in [-0.4, -0.2) is 58.8 Å². The summed E-state index contributed by atoms with van der Waals surface area (Å²) in [6.45, 7) is 2.64. The van der Waals surface area contributed by atoms with Crippen molar-refractivity contribution in [2.75, 3.05) is 32.8 Å². The highest BCUT2D eigenvalue weighted by atomic mass is 35.5. The normalized spacial score (nSPS) is 11.6. The van der Waals surface area contributed by atoms with Crippen LogP contribution in [0.4, 0.5) is 10.2 Å². The van der Waals surface area contributed by atoms with Crippen molar-refractivity contribution in [3.63, 3.8) is 0 Å². The Morgan fingerprint density at radius 2 is 1.91 bits per heavy atom. The molecule has 0 atom stereocenters. The molecule has 0 saturated heterocycles. The minimum Gasteiger partial charge on any atom is -0.493 e. The van der Waals surface area contributed by atoms with E-state index in [1.54, 1.807) is 44.4 Å². The average Bonchev–Trinajstić information content (AvgIpc) is 3.24. The monoisotopic (exact) mass is 490 g/mol. The van der Waals surface area contributed by atoms with Gasteiger partial charge in [0.25, 0.3) is 0 Å². The lowest BCUT2D eigenvalue weighted by Gasteiger charge is -2.26. The number of alkyl halides is 1. The van der Waals surface area contributed by atoms with E-state index in [0.29, 0.717) is 50.3 Å².